The van der Waals surface area contributed by atoms with Gasteiger partial charge in [-0.25, -0.2) is 23.2 Å². The highest BCUT2D eigenvalue weighted by atomic mass is 32.2. The van der Waals surface area contributed by atoms with Crippen LogP contribution < -0.4 is 14.8 Å². The summed E-state index contributed by atoms with van der Waals surface area (Å²) >= 11 is 0.988. The summed E-state index contributed by atoms with van der Waals surface area (Å²) in [6, 6.07) is 7.49. The van der Waals surface area contributed by atoms with Crippen LogP contribution in [0.1, 0.15) is 47.5 Å². The highest BCUT2D eigenvalue weighted by Gasteiger charge is 2.37. The van der Waals surface area contributed by atoms with E-state index in [0.717, 1.165) is 11.3 Å². The molecule has 1 saturated carbocycles. The Labute approximate surface area is 199 Å². The van der Waals surface area contributed by atoms with Crippen LogP contribution in [-0.4, -0.2) is 46.7 Å². The molecule has 4 rings (SSSR count). The number of aromatic nitrogens is 2. The zero-order valence-corrected chi connectivity index (χ0v) is 19.9. The Morgan fingerprint density at radius 3 is 2.47 bits per heavy atom. The quantitative estimate of drug-likeness (QED) is 0.442. The Bertz CT molecular complexity index is 1330. The van der Waals surface area contributed by atoms with E-state index in [-0.39, 0.29) is 44.3 Å². The van der Waals surface area contributed by atoms with Gasteiger partial charge in [0, 0.05) is 17.0 Å². The first kappa shape index (κ1) is 23.6. The van der Waals surface area contributed by atoms with Crippen molar-refractivity contribution >= 4 is 38.2 Å². The number of anilines is 1. The minimum Gasteiger partial charge on any atom is -0.491 e. The minimum absolute atomic E-state index is 0.00323. The predicted molar refractivity (Wildman–Crippen MR) is 124 cm³/mol. The number of thiazole rings is 1. The lowest BCUT2D eigenvalue weighted by atomic mass is 10.2. The molecule has 1 amide bonds. The third kappa shape index (κ3) is 5.51. The van der Waals surface area contributed by atoms with Crippen molar-refractivity contribution in [2.45, 2.75) is 43.1 Å². The molecule has 3 aromatic rings. The highest BCUT2D eigenvalue weighted by molar-refractivity contribution is 7.92. The van der Waals surface area contributed by atoms with Gasteiger partial charge >= 0.3 is 5.97 Å². The van der Waals surface area contributed by atoms with E-state index in [1.165, 1.54) is 35.8 Å². The lowest BCUT2D eigenvalue weighted by Gasteiger charge is -2.14. The van der Waals surface area contributed by atoms with Crippen LogP contribution in [0.3, 0.4) is 0 Å². The molecule has 0 bridgehead atoms. The number of hydrogen-bond acceptors (Lipinski definition) is 9. The fraction of sp³-hybridized carbons (Fsp3) is 0.273. The number of amides is 1. The van der Waals surface area contributed by atoms with Gasteiger partial charge in [0.15, 0.2) is 25.7 Å². The van der Waals surface area contributed by atoms with E-state index in [1.54, 1.807) is 6.07 Å². The number of carbonyl (C=O) groups is 2. The van der Waals surface area contributed by atoms with Gasteiger partial charge in [-0.3, -0.25) is 10.1 Å². The lowest BCUT2D eigenvalue weighted by molar-refractivity contribution is 0.0691. The fourth-order valence-electron chi connectivity index (χ4n) is 2.98. The molecule has 34 heavy (non-hydrogen) atoms. The Morgan fingerprint density at radius 1 is 1.15 bits per heavy atom. The second-order valence-electron chi connectivity index (χ2n) is 7.84. The number of nitrogens with zero attached hydrogens (tertiary/aromatic N) is 2. The third-order valence-corrected chi connectivity index (χ3v) is 7.59. The first-order valence-corrected chi connectivity index (χ1v) is 12.7. The molecule has 0 spiro atoms. The van der Waals surface area contributed by atoms with Crippen molar-refractivity contribution in [2.24, 2.45) is 0 Å². The molecule has 1 aliphatic carbocycles. The first-order chi connectivity index (χ1) is 16.1. The van der Waals surface area contributed by atoms with Gasteiger partial charge < -0.3 is 14.6 Å². The highest BCUT2D eigenvalue weighted by Crippen LogP contribution is 2.34. The lowest BCUT2D eigenvalue weighted by Crippen LogP contribution is -2.13. The molecular formula is C22H21N3O7S2. The van der Waals surface area contributed by atoms with Crippen molar-refractivity contribution in [2.75, 3.05) is 5.32 Å². The summed E-state index contributed by atoms with van der Waals surface area (Å²) < 4.78 is 36.2. The number of pyridine rings is 1. The molecule has 10 nitrogen and oxygen atoms in total. The van der Waals surface area contributed by atoms with Crippen LogP contribution in [0.2, 0.25) is 0 Å². The van der Waals surface area contributed by atoms with Crippen LogP contribution in [0.4, 0.5) is 5.13 Å². The standard InChI is InChI=1S/C22H21N3O7S2/c1-12(2)31-15-7-13(20(26)25-22-24-18(11-33-22)21(27)28)8-16(9-15)32-14-3-6-19(23-10-14)34(29,30)17-4-5-17/h3,6-12,17H,4-5H2,1-2H3,(H,27,28)(H,24,25,26). The van der Waals surface area contributed by atoms with Gasteiger partial charge in [0.1, 0.15) is 17.2 Å². The van der Waals surface area contributed by atoms with Gasteiger partial charge in [-0.15, -0.1) is 11.3 Å². The van der Waals surface area contributed by atoms with E-state index < -0.39 is 21.7 Å². The monoisotopic (exact) mass is 503 g/mol. The molecule has 0 atom stereocenters. The second kappa shape index (κ2) is 9.39. The number of nitrogens with one attached hydrogen (secondary N) is 1. The third-order valence-electron chi connectivity index (χ3n) is 4.66. The van der Waals surface area contributed by atoms with E-state index in [1.807, 2.05) is 13.8 Å². The molecule has 0 radical (unpaired) electrons. The number of carboxylic acid groups (broad SMARTS) is 1. The first-order valence-electron chi connectivity index (χ1n) is 10.3. The van der Waals surface area contributed by atoms with Gasteiger partial charge in [-0.1, -0.05) is 0 Å². The summed E-state index contributed by atoms with van der Waals surface area (Å²) in [5.41, 5.74) is 0.0296. The van der Waals surface area contributed by atoms with Gasteiger partial charge in [0.2, 0.25) is 0 Å². The van der Waals surface area contributed by atoms with E-state index in [9.17, 15) is 18.0 Å². The summed E-state index contributed by atoms with van der Waals surface area (Å²) in [5, 5.41) is 12.7. The predicted octanol–water partition coefficient (Wildman–Crippen LogP) is 4.00. The number of ether oxygens (including phenoxy) is 2. The number of aromatic carboxylic acids is 1. The van der Waals surface area contributed by atoms with Gasteiger partial charge in [0.25, 0.3) is 5.91 Å². The van der Waals surface area contributed by atoms with Crippen LogP contribution in [0.25, 0.3) is 0 Å². The van der Waals surface area contributed by atoms with E-state index in [0.29, 0.717) is 18.6 Å². The van der Waals surface area contributed by atoms with Crippen molar-refractivity contribution < 1.29 is 32.6 Å². The molecular weight excluding hydrogens is 482 g/mol. The zero-order valence-electron chi connectivity index (χ0n) is 18.2. The summed E-state index contributed by atoms with van der Waals surface area (Å²) in [7, 11) is -3.41. The summed E-state index contributed by atoms with van der Waals surface area (Å²) in [4.78, 5) is 31.7. The number of hydrogen-bond donors (Lipinski definition) is 2. The maximum Gasteiger partial charge on any atom is 0.355 e. The van der Waals surface area contributed by atoms with Crippen molar-refractivity contribution in [3.8, 4) is 17.2 Å². The average Bonchev–Trinajstić information content (AvgIpc) is 3.53. The average molecular weight is 504 g/mol. The molecule has 1 aromatic carbocycles. The number of benzene rings is 1. The maximum absolute atomic E-state index is 12.8. The molecule has 0 saturated heterocycles. The van der Waals surface area contributed by atoms with Gasteiger partial charge in [-0.2, -0.15) is 0 Å². The van der Waals surface area contributed by atoms with Crippen molar-refractivity contribution in [3.63, 3.8) is 0 Å². The van der Waals surface area contributed by atoms with Crippen LogP contribution >= 0.6 is 11.3 Å². The molecule has 0 aliphatic heterocycles. The van der Waals surface area contributed by atoms with Crippen LogP contribution in [0.15, 0.2) is 46.9 Å². The van der Waals surface area contributed by atoms with Crippen molar-refractivity contribution in [1.29, 1.82) is 0 Å². The maximum atomic E-state index is 12.8. The minimum atomic E-state index is -3.41. The van der Waals surface area contributed by atoms with Crippen molar-refractivity contribution in [1.82, 2.24) is 9.97 Å². The topological polar surface area (TPSA) is 145 Å². The molecule has 178 valence electrons. The summed E-state index contributed by atoms with van der Waals surface area (Å²) in [6.45, 7) is 3.67. The van der Waals surface area contributed by atoms with Gasteiger partial charge in [-0.05, 0) is 51.0 Å². The van der Waals surface area contributed by atoms with Crippen LogP contribution in [0, 0.1) is 0 Å². The molecule has 1 aliphatic rings. The second-order valence-corrected chi connectivity index (χ2v) is 10.9. The Kier molecular flexibility index (Phi) is 6.53. The van der Waals surface area contributed by atoms with Crippen LogP contribution in [-0.2, 0) is 9.84 Å². The summed E-state index contributed by atoms with van der Waals surface area (Å²) in [6.07, 6.45) is 2.44. The molecule has 2 heterocycles. The Hall–Kier alpha value is -3.51. The number of carboxylic acids is 1. The molecule has 12 heteroatoms. The van der Waals surface area contributed by atoms with E-state index in [4.69, 9.17) is 14.6 Å². The SMILES string of the molecule is CC(C)Oc1cc(Oc2ccc(S(=O)(=O)C3CC3)nc2)cc(C(=O)Nc2nc(C(=O)O)cs2)c1. The molecule has 2 N–H and O–H groups in total. The van der Waals surface area contributed by atoms with Gasteiger partial charge in [0.05, 0.1) is 17.6 Å². The smallest absolute Gasteiger partial charge is 0.355 e. The molecule has 0 unspecified atom stereocenters. The number of carbonyl (C=O) groups excluding carboxylic acids is 1. The number of sulfone groups is 1. The zero-order chi connectivity index (χ0) is 24.5. The van der Waals surface area contributed by atoms with Crippen LogP contribution in [0.5, 0.6) is 17.2 Å². The van der Waals surface area contributed by atoms with Crippen molar-refractivity contribution in [3.05, 3.63) is 53.2 Å². The molecule has 2 aromatic heterocycles. The van der Waals surface area contributed by atoms with E-state index >= 15 is 0 Å². The van der Waals surface area contributed by atoms with E-state index in [2.05, 4.69) is 15.3 Å². The normalized spacial score (nSPS) is 13.5. The molecule has 1 fully saturated rings. The largest absolute Gasteiger partial charge is 0.491 e. The summed E-state index contributed by atoms with van der Waals surface area (Å²) in [5.74, 6) is -0.787. The fourth-order valence-corrected chi connectivity index (χ4v) is 5.22. The Balaban J connectivity index is 1.56. The Morgan fingerprint density at radius 2 is 1.88 bits per heavy atom. The number of rotatable bonds is 9.